The van der Waals surface area contributed by atoms with Gasteiger partial charge in [-0.2, -0.15) is 5.26 Å². The van der Waals surface area contributed by atoms with E-state index in [4.69, 9.17) is 10.00 Å². The Labute approximate surface area is 155 Å². The Balaban J connectivity index is 2.19. The number of rotatable bonds is 6. The predicted octanol–water partition coefficient (Wildman–Crippen LogP) is 5.21. The average Bonchev–Trinajstić information content (AvgIpc) is 2.62. The second-order valence-electron chi connectivity index (χ2n) is 7.01. The number of anilines is 1. The molecule has 0 spiro atoms. The van der Waals surface area contributed by atoms with Gasteiger partial charge in [-0.3, -0.25) is 4.79 Å². The van der Waals surface area contributed by atoms with Crippen molar-refractivity contribution in [1.29, 1.82) is 5.26 Å². The fourth-order valence-electron chi connectivity index (χ4n) is 2.79. The molecule has 2 aromatic rings. The summed E-state index contributed by atoms with van der Waals surface area (Å²) in [5.74, 6) is 0.981. The lowest BCUT2D eigenvalue weighted by atomic mass is 9.92. The molecule has 2 aromatic carbocycles. The first-order valence-corrected chi connectivity index (χ1v) is 8.94. The number of hydrogen-bond donors (Lipinski definition) is 1. The van der Waals surface area contributed by atoms with Gasteiger partial charge in [-0.05, 0) is 54.2 Å². The van der Waals surface area contributed by atoms with Crippen LogP contribution < -0.4 is 10.1 Å². The standard InChI is InChI=1S/C22H26N2O2/c1-14(2)19-7-6-8-20(15(3)4)21(19)24-22(25)16(5)26-18-11-9-17(13-23)10-12-18/h6-12,14-16H,1-5H3,(H,24,25)/t16-/m1/s1. The molecule has 0 aliphatic heterocycles. The minimum absolute atomic E-state index is 0.190. The van der Waals surface area contributed by atoms with Crippen molar-refractivity contribution < 1.29 is 9.53 Å². The van der Waals surface area contributed by atoms with Crippen molar-refractivity contribution in [3.8, 4) is 11.8 Å². The summed E-state index contributed by atoms with van der Waals surface area (Å²) in [4.78, 5) is 12.7. The molecule has 0 heterocycles. The number of amides is 1. The van der Waals surface area contributed by atoms with Crippen LogP contribution >= 0.6 is 0 Å². The van der Waals surface area contributed by atoms with Crippen LogP contribution in [0.5, 0.6) is 5.75 Å². The van der Waals surface area contributed by atoms with Crippen molar-refractivity contribution in [1.82, 2.24) is 0 Å². The number of ether oxygens (including phenoxy) is 1. The molecule has 0 bridgehead atoms. The smallest absolute Gasteiger partial charge is 0.265 e. The van der Waals surface area contributed by atoms with E-state index in [1.54, 1.807) is 31.2 Å². The third-order valence-electron chi connectivity index (χ3n) is 4.29. The first-order valence-electron chi connectivity index (χ1n) is 8.94. The van der Waals surface area contributed by atoms with Gasteiger partial charge in [-0.25, -0.2) is 0 Å². The van der Waals surface area contributed by atoms with Gasteiger partial charge < -0.3 is 10.1 Å². The minimum atomic E-state index is -0.650. The summed E-state index contributed by atoms with van der Waals surface area (Å²) in [7, 11) is 0. The van der Waals surface area contributed by atoms with Gasteiger partial charge in [0.1, 0.15) is 5.75 Å². The van der Waals surface area contributed by atoms with Gasteiger partial charge in [-0.15, -0.1) is 0 Å². The van der Waals surface area contributed by atoms with Gasteiger partial charge >= 0.3 is 0 Å². The minimum Gasteiger partial charge on any atom is -0.481 e. The zero-order valence-corrected chi connectivity index (χ0v) is 16.0. The Bertz CT molecular complexity index is 776. The molecule has 0 saturated carbocycles. The molecule has 4 nitrogen and oxygen atoms in total. The average molecular weight is 350 g/mol. The molecule has 2 rings (SSSR count). The van der Waals surface area contributed by atoms with E-state index in [1.807, 2.05) is 6.07 Å². The maximum atomic E-state index is 12.7. The third kappa shape index (κ3) is 4.64. The van der Waals surface area contributed by atoms with Crippen LogP contribution in [0.2, 0.25) is 0 Å². The lowest BCUT2D eigenvalue weighted by Crippen LogP contribution is -2.31. The van der Waals surface area contributed by atoms with E-state index in [0.717, 1.165) is 16.8 Å². The fraction of sp³-hybridized carbons (Fsp3) is 0.364. The van der Waals surface area contributed by atoms with Crippen LogP contribution in [-0.4, -0.2) is 12.0 Å². The first kappa shape index (κ1) is 19.5. The van der Waals surface area contributed by atoms with Crippen LogP contribution in [0.25, 0.3) is 0 Å². The Morgan fingerprint density at radius 1 is 0.962 bits per heavy atom. The summed E-state index contributed by atoms with van der Waals surface area (Å²) in [6.45, 7) is 10.2. The van der Waals surface area contributed by atoms with Crippen LogP contribution in [-0.2, 0) is 4.79 Å². The van der Waals surface area contributed by atoms with E-state index in [2.05, 4.69) is 51.2 Å². The Morgan fingerprint density at radius 3 is 1.96 bits per heavy atom. The maximum Gasteiger partial charge on any atom is 0.265 e. The van der Waals surface area contributed by atoms with Gasteiger partial charge in [0.05, 0.1) is 11.6 Å². The Morgan fingerprint density at radius 2 is 1.50 bits per heavy atom. The van der Waals surface area contributed by atoms with E-state index in [1.165, 1.54) is 0 Å². The molecule has 0 saturated heterocycles. The van der Waals surface area contributed by atoms with Crippen LogP contribution in [0, 0.1) is 11.3 Å². The molecule has 0 aliphatic carbocycles. The molecule has 26 heavy (non-hydrogen) atoms. The SMILES string of the molecule is CC(C)c1cccc(C(C)C)c1NC(=O)[C@@H](C)Oc1ccc(C#N)cc1. The molecule has 1 atom stereocenters. The quantitative estimate of drug-likeness (QED) is 0.778. The topological polar surface area (TPSA) is 62.1 Å². The first-order chi connectivity index (χ1) is 12.3. The number of nitrogens with zero attached hydrogens (tertiary/aromatic N) is 1. The van der Waals surface area contributed by atoms with Crippen molar-refractivity contribution in [2.75, 3.05) is 5.32 Å². The molecule has 0 aromatic heterocycles. The number of carbonyl (C=O) groups is 1. The summed E-state index contributed by atoms with van der Waals surface area (Å²) in [5, 5.41) is 11.9. The molecular formula is C22H26N2O2. The van der Waals surface area contributed by atoms with Crippen LogP contribution in [0.15, 0.2) is 42.5 Å². The highest BCUT2D eigenvalue weighted by atomic mass is 16.5. The van der Waals surface area contributed by atoms with E-state index in [9.17, 15) is 4.79 Å². The van der Waals surface area contributed by atoms with Gasteiger partial charge in [-0.1, -0.05) is 45.9 Å². The second-order valence-corrected chi connectivity index (χ2v) is 7.01. The number of hydrogen-bond acceptors (Lipinski definition) is 3. The summed E-state index contributed by atoms with van der Waals surface area (Å²) in [6.07, 6.45) is -0.650. The lowest BCUT2D eigenvalue weighted by Gasteiger charge is -2.22. The monoisotopic (exact) mass is 350 g/mol. The van der Waals surface area contributed by atoms with Crippen LogP contribution in [0.3, 0.4) is 0 Å². The van der Waals surface area contributed by atoms with E-state index >= 15 is 0 Å². The normalized spacial score (nSPS) is 11.9. The van der Waals surface area contributed by atoms with E-state index in [-0.39, 0.29) is 5.91 Å². The number of nitrogens with one attached hydrogen (secondary N) is 1. The van der Waals surface area contributed by atoms with E-state index in [0.29, 0.717) is 23.1 Å². The lowest BCUT2D eigenvalue weighted by molar-refractivity contribution is -0.122. The zero-order chi connectivity index (χ0) is 19.3. The fourth-order valence-corrected chi connectivity index (χ4v) is 2.79. The molecule has 0 aliphatic rings. The predicted molar refractivity (Wildman–Crippen MR) is 104 cm³/mol. The molecule has 4 heteroatoms. The van der Waals surface area contributed by atoms with E-state index < -0.39 is 6.10 Å². The van der Waals surface area contributed by atoms with Crippen molar-refractivity contribution >= 4 is 11.6 Å². The highest BCUT2D eigenvalue weighted by Crippen LogP contribution is 2.32. The van der Waals surface area contributed by atoms with Crippen LogP contribution in [0.1, 0.15) is 63.1 Å². The maximum absolute atomic E-state index is 12.7. The second kappa shape index (κ2) is 8.53. The van der Waals surface area contributed by atoms with Crippen molar-refractivity contribution in [3.05, 3.63) is 59.2 Å². The molecule has 1 amide bonds. The molecular weight excluding hydrogens is 324 g/mol. The van der Waals surface area contributed by atoms with Crippen molar-refractivity contribution in [2.24, 2.45) is 0 Å². The third-order valence-corrected chi connectivity index (χ3v) is 4.29. The summed E-state index contributed by atoms with van der Waals surface area (Å²) < 4.78 is 5.73. The van der Waals surface area contributed by atoms with Crippen LogP contribution in [0.4, 0.5) is 5.69 Å². The molecule has 0 unspecified atom stereocenters. The summed E-state index contributed by atoms with van der Waals surface area (Å²) in [6, 6.07) is 14.9. The Kier molecular flexibility index (Phi) is 6.41. The molecule has 136 valence electrons. The van der Waals surface area contributed by atoms with Gasteiger partial charge in [0.25, 0.3) is 5.91 Å². The van der Waals surface area contributed by atoms with Crippen molar-refractivity contribution in [3.63, 3.8) is 0 Å². The number of carbonyl (C=O) groups excluding carboxylic acids is 1. The molecule has 0 fully saturated rings. The number of para-hydroxylation sites is 1. The van der Waals surface area contributed by atoms with Gasteiger partial charge in [0.15, 0.2) is 6.10 Å². The largest absolute Gasteiger partial charge is 0.481 e. The highest BCUT2D eigenvalue weighted by Gasteiger charge is 2.20. The number of nitriles is 1. The van der Waals surface area contributed by atoms with Crippen molar-refractivity contribution in [2.45, 2.75) is 52.6 Å². The molecule has 0 radical (unpaired) electrons. The van der Waals surface area contributed by atoms with Gasteiger partial charge in [0.2, 0.25) is 0 Å². The molecule has 1 N–H and O–H groups in total. The zero-order valence-electron chi connectivity index (χ0n) is 16.0. The Hall–Kier alpha value is -2.80. The highest BCUT2D eigenvalue weighted by molar-refractivity contribution is 5.95. The summed E-state index contributed by atoms with van der Waals surface area (Å²) >= 11 is 0. The number of benzene rings is 2. The van der Waals surface area contributed by atoms with Gasteiger partial charge in [0, 0.05) is 5.69 Å². The summed E-state index contributed by atoms with van der Waals surface area (Å²) in [5.41, 5.74) is 3.69.